The van der Waals surface area contributed by atoms with Gasteiger partial charge in [-0.2, -0.15) is 0 Å². The van der Waals surface area contributed by atoms with Gasteiger partial charge in [-0.15, -0.1) is 11.3 Å². The molecule has 0 bridgehead atoms. The summed E-state index contributed by atoms with van der Waals surface area (Å²) in [5, 5.41) is 12.2. The van der Waals surface area contributed by atoms with E-state index in [1.807, 2.05) is 0 Å². The number of carbonyl (C=O) groups is 2. The minimum absolute atomic E-state index is 0.160. The van der Waals surface area contributed by atoms with Crippen molar-refractivity contribution >= 4 is 39.8 Å². The monoisotopic (exact) mass is 311 g/mol. The molecule has 0 radical (unpaired) electrons. The van der Waals surface area contributed by atoms with Crippen LogP contribution in [0, 0.1) is 0 Å². The molecule has 1 amide bonds. The summed E-state index contributed by atoms with van der Waals surface area (Å²) in [6.07, 6.45) is 0. The quantitative estimate of drug-likeness (QED) is 0.889. The van der Waals surface area contributed by atoms with Crippen LogP contribution in [-0.4, -0.2) is 23.6 Å². The number of para-hydroxylation sites is 1. The molecule has 2 aromatic rings. The first-order valence-electron chi connectivity index (χ1n) is 5.56. The molecule has 2 rings (SSSR count). The van der Waals surface area contributed by atoms with Gasteiger partial charge >= 0.3 is 5.97 Å². The number of ether oxygens (including phenoxy) is 1. The van der Waals surface area contributed by atoms with Crippen LogP contribution in [-0.2, 0) is 4.79 Å². The van der Waals surface area contributed by atoms with Gasteiger partial charge in [0.25, 0.3) is 5.91 Å². The average Bonchev–Trinajstić information content (AvgIpc) is 2.86. The van der Waals surface area contributed by atoms with E-state index in [0.717, 1.165) is 11.3 Å². The highest BCUT2D eigenvalue weighted by molar-refractivity contribution is 7.18. The Morgan fingerprint density at radius 3 is 2.65 bits per heavy atom. The predicted molar refractivity (Wildman–Crippen MR) is 76.9 cm³/mol. The molecule has 1 aromatic carbocycles. The molecule has 2 N–H and O–H groups in total. The normalized spacial score (nSPS) is 10.1. The highest BCUT2D eigenvalue weighted by Gasteiger charge is 2.10. The first kappa shape index (κ1) is 14.4. The average molecular weight is 312 g/mol. The van der Waals surface area contributed by atoms with Gasteiger partial charge in [0.1, 0.15) is 10.6 Å². The van der Waals surface area contributed by atoms with Crippen LogP contribution < -0.4 is 10.1 Å². The molecule has 0 atom stereocenters. The molecule has 0 aliphatic heterocycles. The number of nitrogens with one attached hydrogen (secondary N) is 1. The smallest absolute Gasteiger partial charge is 0.345 e. The Morgan fingerprint density at radius 2 is 2.00 bits per heavy atom. The van der Waals surface area contributed by atoms with Crippen molar-refractivity contribution in [1.82, 2.24) is 0 Å². The van der Waals surface area contributed by atoms with Crippen LogP contribution >= 0.6 is 22.9 Å². The molecular weight excluding hydrogens is 302 g/mol. The van der Waals surface area contributed by atoms with E-state index in [9.17, 15) is 9.59 Å². The molecule has 0 aliphatic rings. The molecule has 20 heavy (non-hydrogen) atoms. The van der Waals surface area contributed by atoms with Crippen LogP contribution in [0.1, 0.15) is 9.67 Å². The van der Waals surface area contributed by atoms with E-state index in [2.05, 4.69) is 5.32 Å². The number of carboxylic acid groups (broad SMARTS) is 1. The molecule has 1 heterocycles. The molecule has 7 heteroatoms. The number of carbonyl (C=O) groups excluding carboxylic acids is 1. The van der Waals surface area contributed by atoms with Crippen molar-refractivity contribution < 1.29 is 19.4 Å². The second-order valence-corrected chi connectivity index (χ2v) is 5.23. The lowest BCUT2D eigenvalue weighted by Crippen LogP contribution is -2.19. The number of anilines is 1. The summed E-state index contributed by atoms with van der Waals surface area (Å²) >= 11 is 6.87. The summed E-state index contributed by atoms with van der Waals surface area (Å²) in [5.74, 6) is -0.992. The molecule has 0 saturated heterocycles. The topological polar surface area (TPSA) is 75.6 Å². The zero-order valence-electron chi connectivity index (χ0n) is 10.1. The van der Waals surface area contributed by atoms with Crippen LogP contribution in [0.25, 0.3) is 0 Å². The van der Waals surface area contributed by atoms with Crippen molar-refractivity contribution in [2.24, 2.45) is 0 Å². The van der Waals surface area contributed by atoms with E-state index in [-0.39, 0.29) is 17.4 Å². The van der Waals surface area contributed by atoms with Gasteiger partial charge in [0.05, 0.1) is 10.0 Å². The van der Waals surface area contributed by atoms with Crippen LogP contribution in [0.3, 0.4) is 0 Å². The SMILES string of the molecule is O=C(COc1ccccc1Cl)Nc1ccc(C(=O)O)s1. The molecule has 0 spiro atoms. The second-order valence-electron chi connectivity index (χ2n) is 3.74. The summed E-state index contributed by atoms with van der Waals surface area (Å²) in [6.45, 7) is -0.204. The fourth-order valence-corrected chi connectivity index (χ4v) is 2.35. The van der Waals surface area contributed by atoms with Gasteiger partial charge in [-0.1, -0.05) is 23.7 Å². The molecule has 1 aromatic heterocycles. The lowest BCUT2D eigenvalue weighted by Gasteiger charge is -2.07. The van der Waals surface area contributed by atoms with Gasteiger partial charge in [-0.3, -0.25) is 4.79 Å². The zero-order valence-corrected chi connectivity index (χ0v) is 11.7. The fourth-order valence-electron chi connectivity index (χ4n) is 1.40. The van der Waals surface area contributed by atoms with Gasteiger partial charge in [-0.25, -0.2) is 4.79 Å². The second kappa shape index (κ2) is 6.40. The maximum absolute atomic E-state index is 11.7. The van der Waals surface area contributed by atoms with Crippen LogP contribution in [0.15, 0.2) is 36.4 Å². The number of benzene rings is 1. The molecule has 5 nitrogen and oxygen atoms in total. The number of aromatic carboxylic acids is 1. The maximum atomic E-state index is 11.7. The Hall–Kier alpha value is -2.05. The predicted octanol–water partition coefficient (Wildman–Crippen LogP) is 3.12. The van der Waals surface area contributed by atoms with Crippen LogP contribution in [0.4, 0.5) is 5.00 Å². The highest BCUT2D eigenvalue weighted by Crippen LogP contribution is 2.24. The summed E-state index contributed by atoms with van der Waals surface area (Å²) in [6, 6.07) is 9.78. The number of halogens is 1. The van der Waals surface area contributed by atoms with E-state index in [1.165, 1.54) is 12.1 Å². The molecule has 0 aliphatic carbocycles. The largest absolute Gasteiger partial charge is 0.482 e. The number of thiophene rings is 1. The van der Waals surface area contributed by atoms with Crippen molar-refractivity contribution in [2.45, 2.75) is 0 Å². The zero-order chi connectivity index (χ0) is 14.5. The van der Waals surface area contributed by atoms with Crippen molar-refractivity contribution in [3.63, 3.8) is 0 Å². The summed E-state index contributed by atoms with van der Waals surface area (Å²) in [7, 11) is 0. The first-order valence-corrected chi connectivity index (χ1v) is 6.76. The van der Waals surface area contributed by atoms with E-state index >= 15 is 0 Å². The molecule has 0 saturated carbocycles. The molecule has 0 fully saturated rings. The Bertz CT molecular complexity index is 641. The molecule has 0 unspecified atom stereocenters. The van der Waals surface area contributed by atoms with E-state index in [1.54, 1.807) is 24.3 Å². The number of amides is 1. The van der Waals surface area contributed by atoms with Crippen LogP contribution in [0.2, 0.25) is 5.02 Å². The molecular formula is C13H10ClNO4S. The Balaban J connectivity index is 1.89. The van der Waals surface area contributed by atoms with Gasteiger partial charge in [0, 0.05) is 0 Å². The van der Waals surface area contributed by atoms with Gasteiger partial charge in [0.15, 0.2) is 6.61 Å². The van der Waals surface area contributed by atoms with Crippen molar-refractivity contribution in [1.29, 1.82) is 0 Å². The summed E-state index contributed by atoms with van der Waals surface area (Å²) < 4.78 is 5.27. The Kier molecular flexibility index (Phi) is 4.60. The lowest BCUT2D eigenvalue weighted by molar-refractivity contribution is -0.118. The number of hydrogen-bond donors (Lipinski definition) is 2. The first-order chi connectivity index (χ1) is 9.56. The number of rotatable bonds is 5. The van der Waals surface area contributed by atoms with Crippen LogP contribution in [0.5, 0.6) is 5.75 Å². The Morgan fingerprint density at radius 1 is 1.25 bits per heavy atom. The van der Waals surface area contributed by atoms with Gasteiger partial charge < -0.3 is 15.2 Å². The lowest BCUT2D eigenvalue weighted by atomic mass is 10.3. The van der Waals surface area contributed by atoms with Gasteiger partial charge in [0.2, 0.25) is 0 Å². The minimum atomic E-state index is -1.03. The summed E-state index contributed by atoms with van der Waals surface area (Å²) in [5.41, 5.74) is 0. The fraction of sp³-hybridized carbons (Fsp3) is 0.0769. The van der Waals surface area contributed by atoms with Gasteiger partial charge in [-0.05, 0) is 24.3 Å². The highest BCUT2D eigenvalue weighted by atomic mass is 35.5. The number of hydrogen-bond acceptors (Lipinski definition) is 4. The maximum Gasteiger partial charge on any atom is 0.345 e. The third-order valence-corrected chi connectivity index (χ3v) is 3.58. The molecule has 104 valence electrons. The van der Waals surface area contributed by atoms with Crippen molar-refractivity contribution in [2.75, 3.05) is 11.9 Å². The van der Waals surface area contributed by atoms with Crippen molar-refractivity contribution in [3.05, 3.63) is 46.3 Å². The third kappa shape index (κ3) is 3.72. The summed E-state index contributed by atoms with van der Waals surface area (Å²) in [4.78, 5) is 22.5. The van der Waals surface area contributed by atoms with E-state index < -0.39 is 5.97 Å². The minimum Gasteiger partial charge on any atom is -0.482 e. The standard InChI is InChI=1S/C13H10ClNO4S/c14-8-3-1-2-4-9(8)19-7-11(16)15-12-6-5-10(20-12)13(17)18/h1-6H,7H2,(H,15,16)(H,17,18). The third-order valence-electron chi connectivity index (χ3n) is 2.27. The number of carboxylic acids is 1. The Labute approximate surface area is 123 Å². The van der Waals surface area contributed by atoms with E-state index in [4.69, 9.17) is 21.4 Å². The van der Waals surface area contributed by atoms with E-state index in [0.29, 0.717) is 15.8 Å². The van der Waals surface area contributed by atoms with Crippen molar-refractivity contribution in [3.8, 4) is 5.75 Å².